The monoisotopic (exact) mass is 230 g/mol. The predicted octanol–water partition coefficient (Wildman–Crippen LogP) is 3.17. The number of benzene rings is 1. The fourth-order valence-corrected chi connectivity index (χ4v) is 1.31. The number of hydrogen-bond donors (Lipinski definition) is 1. The van der Waals surface area contributed by atoms with Crippen LogP contribution in [0.3, 0.4) is 0 Å². The van der Waals surface area contributed by atoms with Crippen LogP contribution in [0.15, 0.2) is 60.4 Å². The third kappa shape index (κ3) is 5.73. The zero-order valence-electron chi connectivity index (χ0n) is 10.0. The molecule has 0 bridgehead atoms. The van der Waals surface area contributed by atoms with Gasteiger partial charge in [-0.2, -0.15) is 0 Å². The average Bonchev–Trinajstić information content (AvgIpc) is 2.36. The second kappa shape index (κ2) is 8.36. The van der Waals surface area contributed by atoms with Gasteiger partial charge >= 0.3 is 0 Å². The molecule has 1 aromatic rings. The van der Waals surface area contributed by atoms with E-state index in [9.17, 15) is 0 Å². The van der Waals surface area contributed by atoms with Crippen molar-refractivity contribution in [3.05, 3.63) is 66.0 Å². The Labute approximate surface area is 103 Å². The third-order valence-corrected chi connectivity index (χ3v) is 2.03. The van der Waals surface area contributed by atoms with Gasteiger partial charge in [-0.25, -0.2) is 0 Å². The van der Waals surface area contributed by atoms with Gasteiger partial charge in [0.25, 0.3) is 0 Å². The van der Waals surface area contributed by atoms with Gasteiger partial charge < -0.3 is 9.84 Å². The Morgan fingerprint density at radius 3 is 2.65 bits per heavy atom. The molecule has 1 N–H and O–H groups in total. The lowest BCUT2D eigenvalue weighted by Crippen LogP contribution is -1.88. The maximum Gasteiger partial charge on any atom is 0.119 e. The van der Waals surface area contributed by atoms with E-state index in [1.165, 1.54) is 0 Å². The van der Waals surface area contributed by atoms with Crippen LogP contribution < -0.4 is 0 Å². The molecule has 0 aromatic heterocycles. The van der Waals surface area contributed by atoms with Crippen LogP contribution in [-0.2, 0) is 4.74 Å². The number of aliphatic hydroxyl groups is 1. The largest absolute Gasteiger partial charge is 0.494 e. The molecule has 0 amide bonds. The molecule has 17 heavy (non-hydrogen) atoms. The van der Waals surface area contributed by atoms with Crippen LogP contribution in [0.2, 0.25) is 0 Å². The van der Waals surface area contributed by atoms with E-state index in [0.717, 1.165) is 11.3 Å². The summed E-state index contributed by atoms with van der Waals surface area (Å²) >= 11 is 0. The van der Waals surface area contributed by atoms with Crippen LogP contribution in [0.25, 0.3) is 6.08 Å². The molecule has 2 heteroatoms. The zero-order chi connectivity index (χ0) is 12.3. The second-order valence-corrected chi connectivity index (χ2v) is 3.36. The summed E-state index contributed by atoms with van der Waals surface area (Å²) in [7, 11) is 0. The van der Waals surface area contributed by atoms with E-state index in [2.05, 4.69) is 0 Å². The summed E-state index contributed by atoms with van der Waals surface area (Å²) in [6, 6.07) is 10.0. The Balaban J connectivity index is 2.75. The highest BCUT2D eigenvalue weighted by Crippen LogP contribution is 2.09. The first-order valence-corrected chi connectivity index (χ1v) is 5.70. The van der Waals surface area contributed by atoms with Crippen LogP contribution in [0.4, 0.5) is 0 Å². The molecular formula is C15H18O2. The van der Waals surface area contributed by atoms with Crippen molar-refractivity contribution in [1.82, 2.24) is 0 Å². The molecule has 0 aliphatic rings. The van der Waals surface area contributed by atoms with Crippen LogP contribution in [0, 0.1) is 0 Å². The molecule has 0 atom stereocenters. The number of allylic oxidation sites excluding steroid dienone is 3. The summed E-state index contributed by atoms with van der Waals surface area (Å²) < 4.78 is 5.50. The van der Waals surface area contributed by atoms with Crippen molar-refractivity contribution in [2.75, 3.05) is 13.2 Å². The number of hydrogen-bond acceptors (Lipinski definition) is 2. The normalized spacial score (nSPS) is 12.5. The summed E-state index contributed by atoms with van der Waals surface area (Å²) in [5, 5.41) is 8.60. The van der Waals surface area contributed by atoms with Gasteiger partial charge in [-0.15, -0.1) is 0 Å². The maximum absolute atomic E-state index is 8.60. The minimum Gasteiger partial charge on any atom is -0.494 e. The summed E-state index contributed by atoms with van der Waals surface area (Å²) in [6.45, 7) is 2.64. The van der Waals surface area contributed by atoms with E-state index in [-0.39, 0.29) is 6.61 Å². The molecular weight excluding hydrogens is 212 g/mol. The van der Waals surface area contributed by atoms with Gasteiger partial charge in [0, 0.05) is 0 Å². The Morgan fingerprint density at radius 1 is 1.24 bits per heavy atom. The molecule has 1 rings (SSSR count). The Bertz CT molecular complexity index is 389. The highest BCUT2D eigenvalue weighted by atomic mass is 16.5. The van der Waals surface area contributed by atoms with Crippen molar-refractivity contribution >= 4 is 6.08 Å². The fourth-order valence-electron chi connectivity index (χ4n) is 1.31. The lowest BCUT2D eigenvalue weighted by Gasteiger charge is -2.03. The van der Waals surface area contributed by atoms with Crippen LogP contribution >= 0.6 is 0 Å². The van der Waals surface area contributed by atoms with Gasteiger partial charge in [-0.05, 0) is 24.6 Å². The van der Waals surface area contributed by atoms with Crippen molar-refractivity contribution in [3.8, 4) is 0 Å². The lowest BCUT2D eigenvalue weighted by atomic mass is 10.2. The van der Waals surface area contributed by atoms with Crippen molar-refractivity contribution < 1.29 is 9.84 Å². The number of rotatable bonds is 6. The first kappa shape index (κ1) is 13.3. The van der Waals surface area contributed by atoms with Gasteiger partial charge in [0.05, 0.1) is 13.2 Å². The van der Waals surface area contributed by atoms with E-state index in [4.69, 9.17) is 9.84 Å². The molecule has 0 saturated carbocycles. The second-order valence-electron chi connectivity index (χ2n) is 3.36. The molecule has 0 spiro atoms. The van der Waals surface area contributed by atoms with Crippen molar-refractivity contribution in [3.63, 3.8) is 0 Å². The van der Waals surface area contributed by atoms with Crippen LogP contribution in [0.1, 0.15) is 12.5 Å². The predicted molar refractivity (Wildman–Crippen MR) is 71.4 cm³/mol. The molecule has 90 valence electrons. The first-order valence-electron chi connectivity index (χ1n) is 5.70. The van der Waals surface area contributed by atoms with E-state index in [0.29, 0.717) is 6.61 Å². The minimum atomic E-state index is 0.0523. The van der Waals surface area contributed by atoms with E-state index in [1.807, 2.05) is 55.5 Å². The summed E-state index contributed by atoms with van der Waals surface area (Å²) in [6.07, 6.45) is 9.16. The highest BCUT2D eigenvalue weighted by Gasteiger charge is 1.92. The van der Waals surface area contributed by atoms with Gasteiger partial charge in [0.2, 0.25) is 0 Å². The molecule has 0 fully saturated rings. The van der Waals surface area contributed by atoms with E-state index in [1.54, 1.807) is 12.2 Å². The Kier molecular flexibility index (Phi) is 6.53. The van der Waals surface area contributed by atoms with Gasteiger partial charge in [0.1, 0.15) is 5.76 Å². The molecule has 2 nitrogen and oxygen atoms in total. The molecule has 1 aromatic carbocycles. The SMILES string of the molecule is CCOC(=Cc1ccccc1)/C=C/C=C/CO. The Hall–Kier alpha value is -1.80. The minimum absolute atomic E-state index is 0.0523. The van der Waals surface area contributed by atoms with Crippen molar-refractivity contribution in [2.24, 2.45) is 0 Å². The topological polar surface area (TPSA) is 29.5 Å². The maximum atomic E-state index is 8.60. The molecule has 0 heterocycles. The number of aliphatic hydroxyl groups excluding tert-OH is 1. The summed E-state index contributed by atoms with van der Waals surface area (Å²) in [5.74, 6) is 0.807. The van der Waals surface area contributed by atoms with Crippen molar-refractivity contribution in [2.45, 2.75) is 6.92 Å². The summed E-state index contributed by atoms with van der Waals surface area (Å²) in [5.41, 5.74) is 1.10. The standard InChI is InChI=1S/C15H18O2/c1-2-17-15(11-7-4-8-12-16)13-14-9-5-3-6-10-14/h3-11,13,16H,2,12H2,1H3/b8-4+,11-7+,15-13?. The van der Waals surface area contributed by atoms with Gasteiger partial charge in [-0.1, -0.05) is 48.6 Å². The molecule has 0 unspecified atom stereocenters. The molecule has 0 aliphatic carbocycles. The smallest absolute Gasteiger partial charge is 0.119 e. The van der Waals surface area contributed by atoms with E-state index >= 15 is 0 Å². The van der Waals surface area contributed by atoms with Crippen LogP contribution in [-0.4, -0.2) is 18.3 Å². The average molecular weight is 230 g/mol. The zero-order valence-corrected chi connectivity index (χ0v) is 10.0. The third-order valence-electron chi connectivity index (χ3n) is 2.03. The fraction of sp³-hybridized carbons (Fsp3) is 0.200. The quantitative estimate of drug-likeness (QED) is 0.601. The van der Waals surface area contributed by atoms with Gasteiger partial charge in [0.15, 0.2) is 0 Å². The number of ether oxygens (including phenoxy) is 1. The Morgan fingerprint density at radius 2 is 2.00 bits per heavy atom. The van der Waals surface area contributed by atoms with Crippen LogP contribution in [0.5, 0.6) is 0 Å². The molecule has 0 aliphatic heterocycles. The van der Waals surface area contributed by atoms with E-state index < -0.39 is 0 Å². The summed E-state index contributed by atoms with van der Waals surface area (Å²) in [4.78, 5) is 0. The lowest BCUT2D eigenvalue weighted by molar-refractivity contribution is 0.246. The molecule has 0 radical (unpaired) electrons. The van der Waals surface area contributed by atoms with Gasteiger partial charge in [-0.3, -0.25) is 0 Å². The molecule has 0 saturated heterocycles. The highest BCUT2D eigenvalue weighted by molar-refractivity contribution is 5.53. The van der Waals surface area contributed by atoms with Crippen molar-refractivity contribution in [1.29, 1.82) is 0 Å². The first-order chi connectivity index (χ1) is 8.36.